The van der Waals surface area contributed by atoms with Crippen LogP contribution in [-0.4, -0.2) is 95.1 Å². The van der Waals surface area contributed by atoms with Gasteiger partial charge in [-0.3, -0.25) is 24.0 Å². The van der Waals surface area contributed by atoms with Crippen LogP contribution < -0.4 is 43.8 Å². The number of carbonyl (C=O) groups excluding carboxylic acids is 5. The zero-order valence-corrected chi connectivity index (χ0v) is 29.1. The summed E-state index contributed by atoms with van der Waals surface area (Å²) in [6.07, 6.45) is 4.54. The van der Waals surface area contributed by atoms with E-state index in [0.29, 0.717) is 50.8 Å². The van der Waals surface area contributed by atoms with Gasteiger partial charge >= 0.3 is 5.97 Å². The van der Waals surface area contributed by atoms with E-state index in [4.69, 9.17) is 17.2 Å². The van der Waals surface area contributed by atoms with Gasteiger partial charge in [-0.05, 0) is 89.1 Å². The Kier molecular flexibility index (Phi) is 20.7. The number of benzene rings is 1. The maximum atomic E-state index is 13.6. The van der Waals surface area contributed by atoms with Crippen molar-refractivity contribution >= 4 is 35.5 Å². The topological polar surface area (TPSA) is 281 Å². The second-order valence-corrected chi connectivity index (χ2v) is 12.2. The molecule has 5 amide bonds. The predicted molar refractivity (Wildman–Crippen MR) is 188 cm³/mol. The number of rotatable bonds is 25. The van der Waals surface area contributed by atoms with Crippen LogP contribution in [0.4, 0.5) is 0 Å². The van der Waals surface area contributed by atoms with Gasteiger partial charge in [0, 0.05) is 6.42 Å². The van der Waals surface area contributed by atoms with Crippen LogP contribution in [0.2, 0.25) is 0 Å². The number of carbonyl (C=O) groups is 6. The first-order valence-corrected chi connectivity index (χ1v) is 17.1. The normalized spacial score (nSPS) is 14.5. The van der Waals surface area contributed by atoms with Gasteiger partial charge in [-0.2, -0.15) is 0 Å². The molecule has 280 valence electrons. The number of unbranched alkanes of at least 4 members (excludes halogenated alkanes) is 2. The highest BCUT2D eigenvalue weighted by Crippen LogP contribution is 2.13. The smallest absolute Gasteiger partial charge is 0.326 e. The van der Waals surface area contributed by atoms with E-state index in [1.807, 2.05) is 0 Å². The Labute approximate surface area is 293 Å². The molecule has 0 bridgehead atoms. The molecule has 0 heterocycles. The summed E-state index contributed by atoms with van der Waals surface area (Å²) in [6.45, 7) is 7.66. The number of aromatic hydroxyl groups is 1. The summed E-state index contributed by atoms with van der Waals surface area (Å²) in [5, 5.41) is 32.3. The van der Waals surface area contributed by atoms with Crippen LogP contribution in [0.5, 0.6) is 5.75 Å². The van der Waals surface area contributed by atoms with Gasteiger partial charge in [0.05, 0.1) is 6.04 Å². The minimum atomic E-state index is -1.25. The summed E-state index contributed by atoms with van der Waals surface area (Å²) in [5.41, 5.74) is 17.5. The molecule has 6 atom stereocenters. The van der Waals surface area contributed by atoms with Crippen molar-refractivity contribution < 1.29 is 39.0 Å². The first-order valence-electron chi connectivity index (χ1n) is 17.1. The Bertz CT molecular complexity index is 1260. The van der Waals surface area contributed by atoms with Gasteiger partial charge in [0.2, 0.25) is 29.5 Å². The summed E-state index contributed by atoms with van der Waals surface area (Å²) in [4.78, 5) is 78.1. The minimum Gasteiger partial charge on any atom is -0.508 e. The second-order valence-electron chi connectivity index (χ2n) is 12.2. The number of aliphatic carboxylic acids is 1. The van der Waals surface area contributed by atoms with Crippen molar-refractivity contribution in [1.82, 2.24) is 26.6 Å². The van der Waals surface area contributed by atoms with Crippen molar-refractivity contribution in [3.05, 3.63) is 42.5 Å². The van der Waals surface area contributed by atoms with Gasteiger partial charge in [0.1, 0.15) is 36.0 Å². The van der Waals surface area contributed by atoms with Gasteiger partial charge in [-0.1, -0.05) is 31.6 Å². The van der Waals surface area contributed by atoms with Gasteiger partial charge in [-0.25, -0.2) is 4.79 Å². The maximum Gasteiger partial charge on any atom is 0.326 e. The monoisotopic (exact) mass is 704 g/mol. The molecule has 1 aromatic carbocycles. The third-order valence-corrected chi connectivity index (χ3v) is 7.81. The van der Waals surface area contributed by atoms with Gasteiger partial charge in [0.15, 0.2) is 0 Å². The minimum absolute atomic E-state index is 0.00672. The number of hydrogen-bond acceptors (Lipinski definition) is 10. The maximum absolute atomic E-state index is 13.6. The number of phenolic OH excluding ortho intramolecular Hbond substituents is 1. The van der Waals surface area contributed by atoms with Crippen LogP contribution in [0.25, 0.3) is 0 Å². The van der Waals surface area contributed by atoms with E-state index < -0.39 is 71.8 Å². The first kappa shape index (κ1) is 43.5. The van der Waals surface area contributed by atoms with E-state index in [-0.39, 0.29) is 37.9 Å². The van der Waals surface area contributed by atoms with Gasteiger partial charge in [0.25, 0.3) is 0 Å². The van der Waals surface area contributed by atoms with Crippen LogP contribution in [0, 0.1) is 0 Å². The van der Waals surface area contributed by atoms with E-state index in [1.165, 1.54) is 25.1 Å². The largest absolute Gasteiger partial charge is 0.508 e. The molecule has 0 aliphatic heterocycles. The number of carboxylic acid groups (broad SMARTS) is 1. The number of phenols is 1. The Balaban J connectivity index is 3.27. The van der Waals surface area contributed by atoms with E-state index >= 15 is 0 Å². The predicted octanol–water partition coefficient (Wildman–Crippen LogP) is -0.575. The van der Waals surface area contributed by atoms with Crippen LogP contribution in [-0.2, 0) is 35.2 Å². The number of carboxylic acids is 1. The molecule has 13 N–H and O–H groups in total. The molecule has 16 nitrogen and oxygen atoms in total. The van der Waals surface area contributed by atoms with Crippen molar-refractivity contribution in [2.75, 3.05) is 13.1 Å². The molecule has 0 aliphatic carbocycles. The fourth-order valence-electron chi connectivity index (χ4n) is 4.94. The quantitative estimate of drug-likeness (QED) is 0.0454. The van der Waals surface area contributed by atoms with E-state index in [1.54, 1.807) is 19.1 Å². The highest BCUT2D eigenvalue weighted by molar-refractivity contribution is 5.96. The van der Waals surface area contributed by atoms with Crippen molar-refractivity contribution in [1.29, 1.82) is 0 Å². The van der Waals surface area contributed by atoms with Crippen molar-refractivity contribution in [2.24, 2.45) is 17.2 Å². The molecule has 0 aliphatic rings. The molecule has 16 heteroatoms. The standard InChI is InChI=1S/C34H56N8O8/c1-4-10-24(30(45)42-28(20-22-14-16-23(43)17-15-22)33(48)41-27(11-5-2)34(49)50)39-32(47)26(13-7-9-19-36)40-31(46)25(12-6-8-18-35)38-29(44)21(3)37/h4,14-17,21,24-28,43H,1,5-13,18-20,35-37H2,2-3H3,(H,38,44)(H,39,47)(H,40,46)(H,41,48)(H,42,45)(H,49,50)/t21-,24-,25-,26-,27-,28-/m0/s1. The molecule has 0 radical (unpaired) electrons. The third kappa shape index (κ3) is 16.2. The van der Waals surface area contributed by atoms with Gasteiger partial charge in [-0.15, -0.1) is 6.58 Å². The molecule has 0 fully saturated rings. The zero-order valence-electron chi connectivity index (χ0n) is 29.1. The fraction of sp³-hybridized carbons (Fsp3) is 0.588. The molecule has 0 aromatic heterocycles. The van der Waals surface area contributed by atoms with Crippen LogP contribution in [0.3, 0.4) is 0 Å². The summed E-state index contributed by atoms with van der Waals surface area (Å²) < 4.78 is 0. The Morgan fingerprint density at radius 3 is 1.60 bits per heavy atom. The Morgan fingerprint density at radius 2 is 1.14 bits per heavy atom. The highest BCUT2D eigenvalue weighted by atomic mass is 16.4. The van der Waals surface area contributed by atoms with Crippen molar-refractivity contribution in [3.8, 4) is 5.75 Å². The number of hydrogen-bond donors (Lipinski definition) is 10. The summed E-state index contributed by atoms with van der Waals surface area (Å²) >= 11 is 0. The molecule has 0 spiro atoms. The van der Waals surface area contributed by atoms with Crippen molar-refractivity contribution in [3.63, 3.8) is 0 Å². The summed E-state index contributed by atoms with van der Waals surface area (Å²) in [7, 11) is 0. The summed E-state index contributed by atoms with van der Waals surface area (Å²) in [6, 6.07) is -0.708. The lowest BCUT2D eigenvalue weighted by atomic mass is 10.0. The second kappa shape index (κ2) is 23.8. The lowest BCUT2D eigenvalue weighted by Gasteiger charge is -2.27. The lowest BCUT2D eigenvalue weighted by molar-refractivity contribution is -0.142. The molecule has 0 unspecified atom stereocenters. The molecule has 0 saturated carbocycles. The SMILES string of the molecule is C=CC[C@H](NC(=O)[C@H](CCCCN)NC(=O)[C@H](CCCCN)NC(=O)[C@H](C)N)C(=O)N[C@@H](Cc1ccc(O)cc1)C(=O)N[C@@H](CCC)C(=O)O. The number of nitrogens with two attached hydrogens (primary N) is 3. The average molecular weight is 705 g/mol. The lowest BCUT2D eigenvalue weighted by Crippen LogP contribution is -2.59. The third-order valence-electron chi connectivity index (χ3n) is 7.81. The van der Waals surface area contributed by atoms with Crippen LogP contribution >= 0.6 is 0 Å². The number of nitrogens with one attached hydrogen (secondary N) is 5. The summed E-state index contributed by atoms with van der Waals surface area (Å²) in [5.74, 6) is -4.59. The average Bonchev–Trinajstić information content (AvgIpc) is 3.07. The molecular formula is C34H56N8O8. The zero-order chi connectivity index (χ0) is 37.6. The Morgan fingerprint density at radius 1 is 0.700 bits per heavy atom. The molecular weight excluding hydrogens is 648 g/mol. The van der Waals surface area contributed by atoms with Crippen LogP contribution in [0.1, 0.15) is 77.2 Å². The van der Waals surface area contributed by atoms with Crippen LogP contribution in [0.15, 0.2) is 36.9 Å². The molecule has 0 saturated heterocycles. The Hall–Kier alpha value is -4.54. The van der Waals surface area contributed by atoms with E-state index in [9.17, 15) is 39.0 Å². The number of amides is 5. The van der Waals surface area contributed by atoms with E-state index in [0.717, 1.165) is 0 Å². The fourth-order valence-corrected chi connectivity index (χ4v) is 4.94. The van der Waals surface area contributed by atoms with Gasteiger partial charge < -0.3 is 54.0 Å². The highest BCUT2D eigenvalue weighted by Gasteiger charge is 2.32. The molecule has 1 aromatic rings. The van der Waals surface area contributed by atoms with E-state index in [2.05, 4.69) is 33.2 Å². The molecule has 1 rings (SSSR count). The van der Waals surface area contributed by atoms with Crippen molar-refractivity contribution in [2.45, 2.75) is 114 Å². The molecule has 50 heavy (non-hydrogen) atoms. The first-order chi connectivity index (χ1) is 23.8.